The van der Waals surface area contributed by atoms with E-state index in [9.17, 15) is 15.0 Å². The number of methoxy groups -OCH3 is 1. The third-order valence-corrected chi connectivity index (χ3v) is 3.58. The fraction of sp³-hybridized carbons (Fsp3) is 0.562. The molecular weight excluding hydrogens is 272 g/mol. The number of esters is 1. The van der Waals surface area contributed by atoms with E-state index < -0.39 is 17.5 Å². The molecule has 0 aliphatic heterocycles. The van der Waals surface area contributed by atoms with Crippen LogP contribution in [0.4, 0.5) is 0 Å². The van der Waals surface area contributed by atoms with E-state index in [0.29, 0.717) is 5.56 Å². The van der Waals surface area contributed by atoms with Crippen molar-refractivity contribution in [3.05, 3.63) is 23.8 Å². The summed E-state index contributed by atoms with van der Waals surface area (Å²) in [6.07, 6.45) is 0. The molecule has 2 atom stereocenters. The Kier molecular flexibility index (Phi) is 5.61. The van der Waals surface area contributed by atoms with Gasteiger partial charge in [0.2, 0.25) is 0 Å². The second kappa shape index (κ2) is 6.80. The Morgan fingerprint density at radius 3 is 2.48 bits per heavy atom. The van der Waals surface area contributed by atoms with E-state index in [4.69, 9.17) is 9.47 Å². The highest BCUT2D eigenvalue weighted by Crippen LogP contribution is 2.38. The lowest BCUT2D eigenvalue weighted by molar-refractivity contribution is -0.161. The minimum Gasteiger partial charge on any atom is -0.504 e. The Bertz CT molecular complexity index is 493. The molecule has 0 amide bonds. The van der Waals surface area contributed by atoms with E-state index in [1.165, 1.54) is 19.2 Å². The molecular formula is C16H24O5. The summed E-state index contributed by atoms with van der Waals surface area (Å²) in [4.78, 5) is 12.2. The molecule has 1 aromatic carbocycles. The molecule has 118 valence electrons. The molecule has 2 unspecified atom stereocenters. The zero-order valence-electron chi connectivity index (χ0n) is 13.2. The lowest BCUT2D eigenvalue weighted by Gasteiger charge is -2.34. The van der Waals surface area contributed by atoms with E-state index in [1.807, 2.05) is 13.8 Å². The van der Waals surface area contributed by atoms with E-state index in [0.717, 1.165) is 0 Å². The monoisotopic (exact) mass is 296 g/mol. The van der Waals surface area contributed by atoms with Crippen LogP contribution in [0.5, 0.6) is 11.5 Å². The van der Waals surface area contributed by atoms with E-state index in [1.54, 1.807) is 19.9 Å². The number of benzene rings is 1. The summed E-state index contributed by atoms with van der Waals surface area (Å²) in [6, 6.07) is 4.54. The maximum Gasteiger partial charge on any atom is 0.312 e. The van der Waals surface area contributed by atoms with Crippen molar-refractivity contribution in [2.75, 3.05) is 13.7 Å². The smallest absolute Gasteiger partial charge is 0.312 e. The van der Waals surface area contributed by atoms with E-state index in [-0.39, 0.29) is 24.0 Å². The molecule has 1 aromatic rings. The molecule has 0 radical (unpaired) electrons. The number of hydrogen-bond acceptors (Lipinski definition) is 5. The van der Waals surface area contributed by atoms with Gasteiger partial charge in [-0.05, 0) is 37.5 Å². The summed E-state index contributed by atoms with van der Waals surface area (Å²) >= 11 is 0. The van der Waals surface area contributed by atoms with Crippen LogP contribution in [-0.2, 0) is 15.1 Å². The third kappa shape index (κ3) is 3.67. The Morgan fingerprint density at radius 2 is 2.00 bits per heavy atom. The predicted molar refractivity (Wildman–Crippen MR) is 79.2 cm³/mol. The summed E-state index contributed by atoms with van der Waals surface area (Å²) in [7, 11) is 1.43. The van der Waals surface area contributed by atoms with Crippen molar-refractivity contribution in [3.63, 3.8) is 0 Å². The van der Waals surface area contributed by atoms with Gasteiger partial charge in [-0.25, -0.2) is 0 Å². The number of rotatable bonds is 6. The van der Waals surface area contributed by atoms with E-state index in [2.05, 4.69) is 0 Å². The van der Waals surface area contributed by atoms with Gasteiger partial charge in [-0.15, -0.1) is 0 Å². The predicted octanol–water partition coefficient (Wildman–Crippen LogP) is 2.44. The molecule has 0 aromatic heterocycles. The van der Waals surface area contributed by atoms with E-state index >= 15 is 0 Å². The molecule has 0 saturated carbocycles. The zero-order valence-corrected chi connectivity index (χ0v) is 13.2. The molecule has 5 nitrogen and oxygen atoms in total. The fourth-order valence-corrected chi connectivity index (χ4v) is 2.55. The summed E-state index contributed by atoms with van der Waals surface area (Å²) in [6.45, 7) is 7.27. The van der Waals surface area contributed by atoms with Crippen molar-refractivity contribution in [1.82, 2.24) is 0 Å². The SMILES string of the molecule is CCOC(=O)C(C(C)C)C(C)(O)c1ccc(O)c(OC)c1. The second-order valence-corrected chi connectivity index (χ2v) is 5.51. The first-order chi connectivity index (χ1) is 9.75. The number of aliphatic hydroxyl groups is 1. The summed E-state index contributed by atoms with van der Waals surface area (Å²) < 4.78 is 10.1. The number of aromatic hydroxyl groups is 1. The minimum absolute atomic E-state index is 0.0192. The lowest BCUT2D eigenvalue weighted by atomic mass is 9.76. The van der Waals surface area contributed by atoms with Crippen molar-refractivity contribution in [2.45, 2.75) is 33.3 Å². The Labute approximate surface area is 125 Å². The number of carbonyl (C=O) groups is 1. The third-order valence-electron chi connectivity index (χ3n) is 3.58. The normalized spacial score (nSPS) is 15.4. The average Bonchev–Trinajstić information content (AvgIpc) is 2.38. The summed E-state index contributed by atoms with van der Waals surface area (Å²) in [5.74, 6) is -1.04. The Morgan fingerprint density at radius 1 is 1.38 bits per heavy atom. The van der Waals surface area contributed by atoms with Crippen LogP contribution in [0.2, 0.25) is 0 Å². The number of ether oxygens (including phenoxy) is 2. The van der Waals surface area contributed by atoms with Crippen molar-refractivity contribution < 1.29 is 24.5 Å². The number of phenolic OH excluding ortho intramolecular Hbond substituents is 1. The van der Waals surface area contributed by atoms with Gasteiger partial charge in [0.1, 0.15) is 5.60 Å². The topological polar surface area (TPSA) is 76.0 Å². The first-order valence-corrected chi connectivity index (χ1v) is 7.02. The van der Waals surface area contributed by atoms with Crippen LogP contribution >= 0.6 is 0 Å². The molecule has 0 heterocycles. The standard InChI is InChI=1S/C16H24O5/c1-6-21-15(18)14(10(2)3)16(4,19)11-7-8-12(17)13(9-11)20-5/h7-10,14,17,19H,6H2,1-5H3. The molecule has 0 fully saturated rings. The fourth-order valence-electron chi connectivity index (χ4n) is 2.55. The van der Waals surface area contributed by atoms with Gasteiger partial charge in [-0.3, -0.25) is 4.79 Å². The molecule has 0 spiro atoms. The van der Waals surface area contributed by atoms with Gasteiger partial charge in [0.25, 0.3) is 0 Å². The van der Waals surface area contributed by atoms with Crippen molar-refractivity contribution in [1.29, 1.82) is 0 Å². The van der Waals surface area contributed by atoms with Crippen LogP contribution < -0.4 is 4.74 Å². The molecule has 0 aliphatic rings. The van der Waals surface area contributed by atoms with Gasteiger partial charge in [0.15, 0.2) is 11.5 Å². The first-order valence-electron chi connectivity index (χ1n) is 7.02. The van der Waals surface area contributed by atoms with Crippen molar-refractivity contribution in [3.8, 4) is 11.5 Å². The van der Waals surface area contributed by atoms with Gasteiger partial charge in [-0.2, -0.15) is 0 Å². The molecule has 5 heteroatoms. The van der Waals surface area contributed by atoms with Crippen LogP contribution in [0.25, 0.3) is 0 Å². The van der Waals surface area contributed by atoms with Crippen LogP contribution in [0.15, 0.2) is 18.2 Å². The number of phenols is 1. The Balaban J connectivity index is 3.25. The largest absolute Gasteiger partial charge is 0.504 e. The summed E-state index contributed by atoms with van der Waals surface area (Å²) in [5, 5.41) is 20.5. The van der Waals surface area contributed by atoms with Gasteiger partial charge in [0, 0.05) is 0 Å². The van der Waals surface area contributed by atoms with Gasteiger partial charge in [0.05, 0.1) is 19.6 Å². The van der Waals surface area contributed by atoms with Crippen molar-refractivity contribution in [2.24, 2.45) is 11.8 Å². The zero-order chi connectivity index (χ0) is 16.2. The molecule has 2 N–H and O–H groups in total. The van der Waals surface area contributed by atoms with Crippen LogP contribution in [0.1, 0.15) is 33.3 Å². The lowest BCUT2D eigenvalue weighted by Crippen LogP contribution is -2.41. The number of hydrogen-bond donors (Lipinski definition) is 2. The average molecular weight is 296 g/mol. The first kappa shape index (κ1) is 17.3. The molecule has 21 heavy (non-hydrogen) atoms. The highest BCUT2D eigenvalue weighted by atomic mass is 16.5. The van der Waals surface area contributed by atoms with Gasteiger partial charge >= 0.3 is 5.97 Å². The van der Waals surface area contributed by atoms with Crippen LogP contribution in [-0.4, -0.2) is 29.9 Å². The van der Waals surface area contributed by atoms with Crippen LogP contribution in [0.3, 0.4) is 0 Å². The molecule has 1 rings (SSSR count). The quantitative estimate of drug-likeness (QED) is 0.789. The van der Waals surface area contributed by atoms with Crippen molar-refractivity contribution >= 4 is 5.97 Å². The van der Waals surface area contributed by atoms with Gasteiger partial charge < -0.3 is 19.7 Å². The number of carbonyl (C=O) groups excluding carboxylic acids is 1. The highest BCUT2D eigenvalue weighted by molar-refractivity contribution is 5.74. The maximum absolute atomic E-state index is 12.2. The maximum atomic E-state index is 12.2. The summed E-state index contributed by atoms with van der Waals surface area (Å²) in [5.41, 5.74) is -0.939. The highest BCUT2D eigenvalue weighted by Gasteiger charge is 2.42. The molecule has 0 bridgehead atoms. The van der Waals surface area contributed by atoms with Gasteiger partial charge in [-0.1, -0.05) is 19.9 Å². The molecule has 0 aliphatic carbocycles. The second-order valence-electron chi connectivity index (χ2n) is 5.51. The Hall–Kier alpha value is -1.75. The van der Waals surface area contributed by atoms with Crippen LogP contribution in [0, 0.1) is 11.8 Å². The minimum atomic E-state index is -1.43. The molecule has 0 saturated heterocycles.